The quantitative estimate of drug-likeness (QED) is 0.635. The van der Waals surface area contributed by atoms with E-state index in [-0.39, 0.29) is 12.6 Å². The van der Waals surface area contributed by atoms with Crippen molar-refractivity contribution in [2.75, 3.05) is 19.8 Å². The van der Waals surface area contributed by atoms with Gasteiger partial charge in [-0.3, -0.25) is 0 Å². The van der Waals surface area contributed by atoms with Crippen LogP contribution in [0.25, 0.3) is 0 Å². The molecule has 1 N–H and O–H groups in total. The van der Waals surface area contributed by atoms with Crippen molar-refractivity contribution in [3.05, 3.63) is 0 Å². The van der Waals surface area contributed by atoms with Gasteiger partial charge in [-0.15, -0.1) is 0 Å². The summed E-state index contributed by atoms with van der Waals surface area (Å²) in [6, 6.07) is -0.0556. The number of rotatable bonds is 3. The first-order valence-corrected chi connectivity index (χ1v) is 3.79. The molecule has 0 aromatic rings. The smallest absolute Gasteiger partial charge is 0.141 e. The Morgan fingerprint density at radius 1 is 1.60 bits per heavy atom. The molecular formula is C7H14FNO. The highest BCUT2D eigenvalue weighted by atomic mass is 19.1. The number of nitrogens with one attached hydrogen (secondary N) is 1. The van der Waals surface area contributed by atoms with Gasteiger partial charge in [-0.25, -0.2) is 4.39 Å². The van der Waals surface area contributed by atoms with Gasteiger partial charge in [0.05, 0.1) is 19.3 Å². The van der Waals surface area contributed by atoms with E-state index in [2.05, 4.69) is 12.2 Å². The van der Waals surface area contributed by atoms with Gasteiger partial charge in [0.25, 0.3) is 0 Å². The van der Waals surface area contributed by atoms with Gasteiger partial charge in [-0.1, -0.05) is 6.92 Å². The van der Waals surface area contributed by atoms with E-state index in [0.29, 0.717) is 6.61 Å². The number of hydrogen-bond donors (Lipinski definition) is 1. The van der Waals surface area contributed by atoms with E-state index in [1.165, 1.54) is 0 Å². The molecule has 1 saturated heterocycles. The van der Waals surface area contributed by atoms with Gasteiger partial charge >= 0.3 is 0 Å². The van der Waals surface area contributed by atoms with Gasteiger partial charge in [0.2, 0.25) is 0 Å². The van der Waals surface area contributed by atoms with Crippen molar-refractivity contribution in [1.29, 1.82) is 0 Å². The lowest BCUT2D eigenvalue weighted by atomic mass is 10.2. The fourth-order valence-corrected chi connectivity index (χ4v) is 1.04. The van der Waals surface area contributed by atoms with Crippen LogP contribution in [0.15, 0.2) is 0 Å². The molecule has 2 unspecified atom stereocenters. The summed E-state index contributed by atoms with van der Waals surface area (Å²) in [5.74, 6) is 0. The molecule has 1 fully saturated rings. The van der Waals surface area contributed by atoms with Crippen LogP contribution in [-0.2, 0) is 4.74 Å². The molecule has 1 heterocycles. The summed E-state index contributed by atoms with van der Waals surface area (Å²) in [6.45, 7) is 3.74. The number of hydrogen-bond acceptors (Lipinski definition) is 2. The first-order valence-electron chi connectivity index (χ1n) is 3.79. The second-order valence-corrected chi connectivity index (χ2v) is 2.61. The fourth-order valence-electron chi connectivity index (χ4n) is 1.04. The second kappa shape index (κ2) is 3.88. The number of ether oxygens (including phenoxy) is 1. The maximum Gasteiger partial charge on any atom is 0.141 e. The molecule has 0 aromatic heterocycles. The van der Waals surface area contributed by atoms with Crippen LogP contribution in [0, 0.1) is 0 Å². The Balaban J connectivity index is 2.14. The topological polar surface area (TPSA) is 21.3 Å². The minimum Gasteiger partial charge on any atom is -0.377 e. The van der Waals surface area contributed by atoms with Crippen molar-refractivity contribution >= 4 is 0 Å². The molecule has 0 saturated carbocycles. The summed E-state index contributed by atoms with van der Waals surface area (Å²) < 4.78 is 17.7. The van der Waals surface area contributed by atoms with Crippen molar-refractivity contribution in [3.8, 4) is 0 Å². The van der Waals surface area contributed by atoms with Crippen molar-refractivity contribution in [2.24, 2.45) is 0 Å². The molecule has 1 aliphatic rings. The zero-order valence-corrected chi connectivity index (χ0v) is 6.27. The Morgan fingerprint density at radius 2 is 2.40 bits per heavy atom. The van der Waals surface area contributed by atoms with E-state index in [1.807, 2.05) is 0 Å². The molecule has 10 heavy (non-hydrogen) atoms. The van der Waals surface area contributed by atoms with E-state index in [9.17, 15) is 4.39 Å². The van der Waals surface area contributed by atoms with Crippen molar-refractivity contribution < 1.29 is 9.13 Å². The lowest BCUT2D eigenvalue weighted by Gasteiger charge is -2.11. The van der Waals surface area contributed by atoms with Crippen LogP contribution in [0.1, 0.15) is 13.3 Å². The third-order valence-corrected chi connectivity index (χ3v) is 1.67. The average Bonchev–Trinajstić information content (AvgIpc) is 2.31. The summed E-state index contributed by atoms with van der Waals surface area (Å²) in [4.78, 5) is 0. The van der Waals surface area contributed by atoms with Crippen molar-refractivity contribution in [3.63, 3.8) is 0 Å². The van der Waals surface area contributed by atoms with Crippen LogP contribution >= 0.6 is 0 Å². The molecular weight excluding hydrogens is 133 g/mol. The van der Waals surface area contributed by atoms with Gasteiger partial charge in [0.15, 0.2) is 0 Å². The van der Waals surface area contributed by atoms with Crippen LogP contribution in [0.5, 0.6) is 0 Å². The predicted octanol–water partition coefficient (Wildman–Crippen LogP) is 0.723. The van der Waals surface area contributed by atoms with Gasteiger partial charge < -0.3 is 10.1 Å². The van der Waals surface area contributed by atoms with Gasteiger partial charge in [-0.05, 0) is 13.0 Å². The Bertz CT molecular complexity index is 99.6. The number of alkyl halides is 1. The molecule has 0 aromatic carbocycles. The van der Waals surface area contributed by atoms with Crippen LogP contribution in [-0.4, -0.2) is 32.0 Å². The lowest BCUT2D eigenvalue weighted by molar-refractivity contribution is 0.172. The van der Waals surface area contributed by atoms with Gasteiger partial charge in [0.1, 0.15) is 6.17 Å². The van der Waals surface area contributed by atoms with Crippen LogP contribution in [0.2, 0.25) is 0 Å². The van der Waals surface area contributed by atoms with E-state index < -0.39 is 6.17 Å². The second-order valence-electron chi connectivity index (χ2n) is 2.61. The summed E-state index contributed by atoms with van der Waals surface area (Å²) in [5, 5.41) is 3.08. The van der Waals surface area contributed by atoms with Gasteiger partial charge in [0, 0.05) is 0 Å². The molecule has 0 bridgehead atoms. The summed E-state index contributed by atoms with van der Waals surface area (Å²) in [5.41, 5.74) is 0. The Morgan fingerprint density at radius 3 is 2.90 bits per heavy atom. The molecule has 2 nitrogen and oxygen atoms in total. The molecule has 0 aliphatic carbocycles. The molecule has 0 spiro atoms. The standard InChI is InChI=1S/C7H14FNO/c1-2-3-9-7-5-10-4-6(7)8/h6-7,9H,2-5H2,1H3. The maximum atomic E-state index is 12.7. The number of halogens is 1. The van der Waals surface area contributed by atoms with Crippen molar-refractivity contribution in [1.82, 2.24) is 5.32 Å². The predicted molar refractivity (Wildman–Crippen MR) is 37.8 cm³/mol. The van der Waals surface area contributed by atoms with E-state index in [4.69, 9.17) is 4.74 Å². The minimum absolute atomic E-state index is 0.0556. The molecule has 1 aliphatic heterocycles. The largest absolute Gasteiger partial charge is 0.377 e. The molecule has 60 valence electrons. The first-order chi connectivity index (χ1) is 4.84. The third kappa shape index (κ3) is 1.92. The lowest BCUT2D eigenvalue weighted by Crippen LogP contribution is -2.36. The monoisotopic (exact) mass is 147 g/mol. The van der Waals surface area contributed by atoms with Crippen LogP contribution in [0.4, 0.5) is 4.39 Å². The maximum absolute atomic E-state index is 12.7. The highest BCUT2D eigenvalue weighted by Crippen LogP contribution is 2.08. The van der Waals surface area contributed by atoms with E-state index >= 15 is 0 Å². The molecule has 0 radical (unpaired) electrons. The Kier molecular flexibility index (Phi) is 3.09. The Hall–Kier alpha value is -0.150. The zero-order chi connectivity index (χ0) is 7.40. The van der Waals surface area contributed by atoms with E-state index in [0.717, 1.165) is 13.0 Å². The normalized spacial score (nSPS) is 33.0. The zero-order valence-electron chi connectivity index (χ0n) is 6.27. The first kappa shape index (κ1) is 7.95. The average molecular weight is 147 g/mol. The summed E-state index contributed by atoms with van der Waals surface area (Å²) in [6.07, 6.45) is 0.245. The minimum atomic E-state index is -0.799. The van der Waals surface area contributed by atoms with Crippen molar-refractivity contribution in [2.45, 2.75) is 25.6 Å². The summed E-state index contributed by atoms with van der Waals surface area (Å²) in [7, 11) is 0. The molecule has 0 amide bonds. The molecule has 1 rings (SSSR count). The fraction of sp³-hybridized carbons (Fsp3) is 1.00. The Labute approximate surface area is 60.8 Å². The van der Waals surface area contributed by atoms with Gasteiger partial charge in [-0.2, -0.15) is 0 Å². The summed E-state index contributed by atoms with van der Waals surface area (Å²) >= 11 is 0. The molecule has 2 atom stereocenters. The highest BCUT2D eigenvalue weighted by Gasteiger charge is 2.26. The van der Waals surface area contributed by atoms with E-state index in [1.54, 1.807) is 0 Å². The van der Waals surface area contributed by atoms with Crippen LogP contribution in [0.3, 0.4) is 0 Å². The third-order valence-electron chi connectivity index (χ3n) is 1.67. The SMILES string of the molecule is CCCNC1COCC1F. The van der Waals surface area contributed by atoms with Crippen LogP contribution < -0.4 is 5.32 Å². The molecule has 3 heteroatoms. The highest BCUT2D eigenvalue weighted by molar-refractivity contribution is 4.80.